The molecule has 0 aromatic heterocycles. The number of fused-ring (bicyclic) bond motifs is 1. The predicted molar refractivity (Wildman–Crippen MR) is 101 cm³/mol. The van der Waals surface area contributed by atoms with E-state index in [2.05, 4.69) is 10.3 Å². The van der Waals surface area contributed by atoms with Crippen LogP contribution in [0.5, 0.6) is 11.5 Å². The van der Waals surface area contributed by atoms with Gasteiger partial charge in [0.1, 0.15) is 11.5 Å². The number of benzene rings is 2. The van der Waals surface area contributed by atoms with E-state index in [1.165, 1.54) is 18.2 Å². The van der Waals surface area contributed by atoms with Crippen LogP contribution in [-0.2, 0) is 16.1 Å². The fraction of sp³-hybridized carbons (Fsp3) is 0.263. The van der Waals surface area contributed by atoms with Gasteiger partial charge in [0.2, 0.25) is 0 Å². The summed E-state index contributed by atoms with van der Waals surface area (Å²) in [5.74, 6) is 0.356. The van der Waals surface area contributed by atoms with Crippen molar-refractivity contribution < 1.29 is 19.1 Å². The molecule has 2 aromatic carbocycles. The molecule has 0 bridgehead atoms. The van der Waals surface area contributed by atoms with Crippen LogP contribution in [0, 0.1) is 0 Å². The number of methoxy groups -OCH3 is 2. The number of nitrogens with zero attached hydrogens (tertiary/aromatic N) is 4. The number of amides is 2. The van der Waals surface area contributed by atoms with Gasteiger partial charge in [-0.25, -0.2) is 4.90 Å². The molecule has 9 heteroatoms. The maximum atomic E-state index is 13.0. The fourth-order valence-electron chi connectivity index (χ4n) is 3.36. The van der Waals surface area contributed by atoms with E-state index < -0.39 is 18.0 Å². The minimum absolute atomic E-state index is 0.313. The lowest BCUT2D eigenvalue weighted by Gasteiger charge is -2.21. The minimum atomic E-state index is -0.862. The van der Waals surface area contributed by atoms with Crippen molar-refractivity contribution in [1.29, 1.82) is 0 Å². The molecular formula is C19H17ClN4O4. The Kier molecular flexibility index (Phi) is 4.64. The Hall–Kier alpha value is -3.13. The zero-order valence-electron chi connectivity index (χ0n) is 15.2. The molecular weight excluding hydrogens is 384 g/mol. The Bertz CT molecular complexity index is 980. The van der Waals surface area contributed by atoms with Gasteiger partial charge in [-0.3, -0.25) is 14.6 Å². The minimum Gasteiger partial charge on any atom is -0.497 e. The Balaban J connectivity index is 1.59. The van der Waals surface area contributed by atoms with Gasteiger partial charge in [0, 0.05) is 0 Å². The molecule has 0 aliphatic carbocycles. The van der Waals surface area contributed by atoms with E-state index in [1.807, 2.05) is 24.3 Å². The molecule has 0 radical (unpaired) electrons. The van der Waals surface area contributed by atoms with E-state index >= 15 is 0 Å². The number of anilines is 1. The van der Waals surface area contributed by atoms with Gasteiger partial charge in [0.15, 0.2) is 12.1 Å². The number of ether oxygens (including phenoxy) is 2. The molecule has 2 aromatic rings. The van der Waals surface area contributed by atoms with Gasteiger partial charge in [0.05, 0.1) is 31.5 Å². The van der Waals surface area contributed by atoms with Crippen LogP contribution in [0.25, 0.3) is 0 Å². The molecule has 144 valence electrons. The fourth-order valence-corrected chi connectivity index (χ4v) is 3.61. The molecule has 0 N–H and O–H groups in total. The monoisotopic (exact) mass is 400 g/mol. The van der Waals surface area contributed by atoms with Crippen LogP contribution in [0.4, 0.5) is 5.69 Å². The van der Waals surface area contributed by atoms with Crippen molar-refractivity contribution >= 4 is 29.1 Å². The largest absolute Gasteiger partial charge is 0.497 e. The molecule has 2 amide bonds. The maximum Gasteiger partial charge on any atom is 0.263 e. The predicted octanol–water partition coefficient (Wildman–Crippen LogP) is 2.85. The van der Waals surface area contributed by atoms with E-state index in [9.17, 15) is 9.59 Å². The summed E-state index contributed by atoms with van der Waals surface area (Å²) in [5, 5.41) is 9.92. The average molecular weight is 401 g/mol. The van der Waals surface area contributed by atoms with E-state index in [4.69, 9.17) is 21.1 Å². The molecule has 0 spiro atoms. The lowest BCUT2D eigenvalue weighted by molar-refractivity contribution is -0.123. The molecule has 4 rings (SSSR count). The van der Waals surface area contributed by atoms with Gasteiger partial charge in [-0.2, -0.15) is 5.11 Å². The van der Waals surface area contributed by atoms with Crippen molar-refractivity contribution in [2.45, 2.75) is 18.6 Å². The Morgan fingerprint density at radius 1 is 1.07 bits per heavy atom. The number of carbonyl (C=O) groups excluding carboxylic acids is 2. The van der Waals surface area contributed by atoms with Crippen LogP contribution in [-0.4, -0.2) is 43.1 Å². The quantitative estimate of drug-likeness (QED) is 0.720. The van der Waals surface area contributed by atoms with Crippen molar-refractivity contribution in [2.24, 2.45) is 10.3 Å². The summed E-state index contributed by atoms with van der Waals surface area (Å²) >= 11 is 6.15. The van der Waals surface area contributed by atoms with E-state index in [1.54, 1.807) is 19.2 Å². The van der Waals surface area contributed by atoms with Gasteiger partial charge in [-0.15, -0.1) is 0 Å². The second-order valence-electron chi connectivity index (χ2n) is 6.37. The van der Waals surface area contributed by atoms with Crippen molar-refractivity contribution in [3.05, 3.63) is 53.1 Å². The van der Waals surface area contributed by atoms with Crippen LogP contribution in [0.1, 0.15) is 5.56 Å². The second-order valence-corrected chi connectivity index (χ2v) is 6.78. The highest BCUT2D eigenvalue weighted by Gasteiger charge is 2.54. The average Bonchev–Trinajstić information content (AvgIpc) is 3.22. The standard InChI is InChI=1S/C19H17ClN4O4/c1-27-13-5-3-4-11(8-13)10-23-17-16(21-22-23)18(25)24(19(17)26)12-6-7-15(28-2)14(20)9-12/h3-9,16-17H,10H2,1-2H3/t16-,17-/m1/s1. The number of hydrogen-bond donors (Lipinski definition) is 0. The molecule has 2 aliphatic rings. The maximum absolute atomic E-state index is 13.0. The van der Waals surface area contributed by atoms with Crippen molar-refractivity contribution in [3.63, 3.8) is 0 Å². The summed E-state index contributed by atoms with van der Waals surface area (Å²) in [7, 11) is 3.08. The third-order valence-corrected chi connectivity index (χ3v) is 5.03. The van der Waals surface area contributed by atoms with Crippen LogP contribution < -0.4 is 14.4 Å². The first-order valence-electron chi connectivity index (χ1n) is 8.55. The van der Waals surface area contributed by atoms with Crippen molar-refractivity contribution in [3.8, 4) is 11.5 Å². The van der Waals surface area contributed by atoms with Crippen LogP contribution in [0.15, 0.2) is 52.8 Å². The van der Waals surface area contributed by atoms with Crippen molar-refractivity contribution in [2.75, 3.05) is 19.1 Å². The van der Waals surface area contributed by atoms with Crippen molar-refractivity contribution in [1.82, 2.24) is 5.01 Å². The van der Waals surface area contributed by atoms with Crippen LogP contribution in [0.3, 0.4) is 0 Å². The molecule has 2 atom stereocenters. The zero-order chi connectivity index (χ0) is 19.8. The zero-order valence-corrected chi connectivity index (χ0v) is 16.0. The topological polar surface area (TPSA) is 83.8 Å². The lowest BCUT2D eigenvalue weighted by Crippen LogP contribution is -2.39. The Labute approximate surface area is 166 Å². The second kappa shape index (κ2) is 7.12. The summed E-state index contributed by atoms with van der Waals surface area (Å²) in [5.41, 5.74) is 1.27. The summed E-state index contributed by atoms with van der Waals surface area (Å²) in [6, 6.07) is 10.6. The van der Waals surface area contributed by atoms with E-state index in [0.29, 0.717) is 28.8 Å². The Morgan fingerprint density at radius 3 is 2.61 bits per heavy atom. The first-order chi connectivity index (χ1) is 13.5. The molecule has 1 fully saturated rings. The molecule has 1 saturated heterocycles. The Morgan fingerprint density at radius 2 is 1.89 bits per heavy atom. The van der Waals surface area contributed by atoms with Crippen LogP contribution in [0.2, 0.25) is 5.02 Å². The first kappa shape index (κ1) is 18.2. The normalized spacial score (nSPS) is 20.7. The summed E-state index contributed by atoms with van der Waals surface area (Å²) < 4.78 is 10.3. The molecule has 8 nitrogen and oxygen atoms in total. The highest BCUT2D eigenvalue weighted by molar-refractivity contribution is 6.33. The third kappa shape index (κ3) is 2.95. The summed E-state index contributed by atoms with van der Waals surface area (Å²) in [6.07, 6.45) is 0. The SMILES string of the molecule is COc1cccc(CN2N=N[C@H]3C(=O)N(c4ccc(OC)c(Cl)c4)C(=O)[C@@H]32)c1. The highest BCUT2D eigenvalue weighted by atomic mass is 35.5. The smallest absolute Gasteiger partial charge is 0.263 e. The molecule has 0 saturated carbocycles. The number of carbonyl (C=O) groups is 2. The van der Waals surface area contributed by atoms with Gasteiger partial charge in [0.25, 0.3) is 11.8 Å². The molecule has 28 heavy (non-hydrogen) atoms. The van der Waals surface area contributed by atoms with E-state index in [0.717, 1.165) is 10.5 Å². The van der Waals surface area contributed by atoms with Gasteiger partial charge >= 0.3 is 0 Å². The number of halogens is 1. The first-order valence-corrected chi connectivity index (χ1v) is 8.93. The highest BCUT2D eigenvalue weighted by Crippen LogP contribution is 2.36. The van der Waals surface area contributed by atoms with Gasteiger partial charge in [-0.05, 0) is 35.9 Å². The molecule has 2 heterocycles. The number of rotatable bonds is 5. The molecule has 0 unspecified atom stereocenters. The summed E-state index contributed by atoms with van der Waals surface area (Å²) in [6.45, 7) is 0.331. The summed E-state index contributed by atoms with van der Waals surface area (Å²) in [4.78, 5) is 26.9. The van der Waals surface area contributed by atoms with Gasteiger partial charge < -0.3 is 9.47 Å². The lowest BCUT2D eigenvalue weighted by atomic mass is 10.1. The van der Waals surface area contributed by atoms with E-state index in [-0.39, 0.29) is 5.91 Å². The number of hydrogen-bond acceptors (Lipinski definition) is 7. The van der Waals surface area contributed by atoms with Gasteiger partial charge in [-0.1, -0.05) is 29.0 Å². The molecule has 2 aliphatic heterocycles. The third-order valence-electron chi connectivity index (χ3n) is 4.73. The van der Waals surface area contributed by atoms with Crippen LogP contribution >= 0.6 is 11.6 Å². The number of imide groups is 1.